The van der Waals surface area contributed by atoms with Gasteiger partial charge < -0.3 is 19.4 Å². The van der Waals surface area contributed by atoms with Gasteiger partial charge in [-0.25, -0.2) is 8.91 Å². The van der Waals surface area contributed by atoms with Crippen molar-refractivity contribution in [1.82, 2.24) is 14.2 Å². The smallest absolute Gasteiger partial charge is 0.277 e. The number of amides is 1. The number of nitrogens with zero attached hydrogens (tertiary/aromatic N) is 3. The van der Waals surface area contributed by atoms with Crippen LogP contribution < -0.4 is 20.3 Å². The van der Waals surface area contributed by atoms with Crippen molar-refractivity contribution >= 4 is 17.1 Å². The second-order valence-corrected chi connectivity index (χ2v) is 7.17. The average Bonchev–Trinajstić information content (AvgIpc) is 3.23. The first-order chi connectivity index (χ1) is 15.4. The molecule has 0 unspecified atom stereocenters. The molecule has 0 radical (unpaired) electrons. The molecule has 0 aliphatic rings. The minimum Gasteiger partial charge on any atom is -0.493 e. The van der Waals surface area contributed by atoms with Crippen LogP contribution in [0, 0.1) is 12.7 Å². The van der Waals surface area contributed by atoms with Gasteiger partial charge in [-0.3, -0.25) is 9.59 Å². The van der Waals surface area contributed by atoms with Crippen molar-refractivity contribution in [1.29, 1.82) is 0 Å². The van der Waals surface area contributed by atoms with E-state index in [1.165, 1.54) is 21.3 Å². The molecule has 9 heteroatoms. The van der Waals surface area contributed by atoms with Crippen molar-refractivity contribution in [3.05, 3.63) is 76.6 Å². The number of aryl methyl sites for hydroxylation is 1. The molecule has 0 aliphatic heterocycles. The van der Waals surface area contributed by atoms with Crippen LogP contribution in [0.5, 0.6) is 11.5 Å². The van der Waals surface area contributed by atoms with Gasteiger partial charge in [0.15, 0.2) is 11.5 Å². The number of carbonyl (C=O) groups is 1. The number of hydrogen-bond donors (Lipinski definition) is 1. The van der Waals surface area contributed by atoms with Crippen molar-refractivity contribution in [2.24, 2.45) is 0 Å². The first kappa shape index (κ1) is 21.1. The van der Waals surface area contributed by atoms with Crippen LogP contribution in [0.1, 0.15) is 5.56 Å². The molecule has 8 nitrogen and oxygen atoms in total. The van der Waals surface area contributed by atoms with Gasteiger partial charge in [-0.05, 0) is 48.9 Å². The van der Waals surface area contributed by atoms with E-state index < -0.39 is 11.7 Å². The predicted octanol–water partition coefficient (Wildman–Crippen LogP) is 3.27. The van der Waals surface area contributed by atoms with E-state index in [0.29, 0.717) is 34.0 Å². The van der Waals surface area contributed by atoms with Gasteiger partial charge in [-0.15, -0.1) is 0 Å². The van der Waals surface area contributed by atoms with Crippen LogP contribution >= 0.6 is 0 Å². The van der Waals surface area contributed by atoms with Gasteiger partial charge in [-0.1, -0.05) is 6.07 Å². The van der Waals surface area contributed by atoms with Gasteiger partial charge in [0.1, 0.15) is 17.9 Å². The highest BCUT2D eigenvalue weighted by atomic mass is 19.1. The highest BCUT2D eigenvalue weighted by molar-refractivity contribution is 5.90. The van der Waals surface area contributed by atoms with Crippen LogP contribution in [0.4, 0.5) is 10.1 Å². The van der Waals surface area contributed by atoms with Crippen molar-refractivity contribution in [2.45, 2.75) is 13.5 Å². The highest BCUT2D eigenvalue weighted by Crippen LogP contribution is 2.31. The summed E-state index contributed by atoms with van der Waals surface area (Å²) in [4.78, 5) is 25.3. The number of nitrogens with one attached hydrogen (secondary N) is 1. The maximum absolute atomic E-state index is 13.7. The van der Waals surface area contributed by atoms with Crippen LogP contribution in [-0.4, -0.2) is 34.3 Å². The number of methoxy groups -OCH3 is 2. The number of anilines is 1. The predicted molar refractivity (Wildman–Crippen MR) is 118 cm³/mol. The molecule has 0 saturated heterocycles. The number of carbonyl (C=O) groups excluding carboxylic acids is 1. The van der Waals surface area contributed by atoms with Crippen LogP contribution in [-0.2, 0) is 11.3 Å². The van der Waals surface area contributed by atoms with Crippen LogP contribution in [0.2, 0.25) is 0 Å². The lowest BCUT2D eigenvalue weighted by Crippen LogP contribution is -2.28. The zero-order chi connectivity index (χ0) is 22.8. The number of halogens is 1. The Morgan fingerprint density at radius 3 is 2.56 bits per heavy atom. The van der Waals surface area contributed by atoms with Gasteiger partial charge >= 0.3 is 0 Å². The second kappa shape index (κ2) is 8.54. The molecule has 2 aromatic carbocycles. The lowest BCUT2D eigenvalue weighted by atomic mass is 10.1. The SMILES string of the molecule is COc1ccc(-c2cc3c(=O)n(CC(=O)Nc4ccc(C)c(F)c4)ccn3n2)cc1OC. The third kappa shape index (κ3) is 4.04. The number of ether oxygens (including phenoxy) is 2. The van der Waals surface area contributed by atoms with Crippen molar-refractivity contribution in [2.75, 3.05) is 19.5 Å². The number of hydrogen-bond acceptors (Lipinski definition) is 5. The third-order valence-electron chi connectivity index (χ3n) is 5.05. The Morgan fingerprint density at radius 1 is 1.06 bits per heavy atom. The fraction of sp³-hybridized carbons (Fsp3) is 0.174. The van der Waals surface area contributed by atoms with E-state index >= 15 is 0 Å². The maximum atomic E-state index is 13.7. The number of fused-ring (bicyclic) bond motifs is 1. The fourth-order valence-electron chi connectivity index (χ4n) is 3.31. The number of benzene rings is 2. The molecule has 4 aromatic rings. The summed E-state index contributed by atoms with van der Waals surface area (Å²) < 4.78 is 27.0. The van der Waals surface area contributed by atoms with Gasteiger partial charge in [0, 0.05) is 23.6 Å². The van der Waals surface area contributed by atoms with Crippen LogP contribution in [0.3, 0.4) is 0 Å². The number of rotatable bonds is 6. The molecular weight excluding hydrogens is 415 g/mol. The Bertz CT molecular complexity index is 1380. The third-order valence-corrected chi connectivity index (χ3v) is 5.05. The molecular formula is C23H21FN4O4. The zero-order valence-corrected chi connectivity index (χ0v) is 17.8. The quantitative estimate of drug-likeness (QED) is 0.501. The van der Waals surface area contributed by atoms with Crippen molar-refractivity contribution in [3.8, 4) is 22.8 Å². The Balaban J connectivity index is 1.60. The summed E-state index contributed by atoms with van der Waals surface area (Å²) in [6, 6.07) is 11.4. The maximum Gasteiger partial charge on any atom is 0.277 e. The minimum atomic E-state index is -0.445. The molecule has 0 aliphatic carbocycles. The highest BCUT2D eigenvalue weighted by Gasteiger charge is 2.13. The fourth-order valence-corrected chi connectivity index (χ4v) is 3.31. The van der Waals surface area contributed by atoms with Crippen LogP contribution in [0.25, 0.3) is 16.8 Å². The first-order valence-corrected chi connectivity index (χ1v) is 9.77. The monoisotopic (exact) mass is 436 g/mol. The van der Waals surface area contributed by atoms with Gasteiger partial charge in [-0.2, -0.15) is 5.10 Å². The van der Waals surface area contributed by atoms with E-state index in [4.69, 9.17) is 9.47 Å². The molecule has 0 saturated carbocycles. The summed E-state index contributed by atoms with van der Waals surface area (Å²) in [6.45, 7) is 1.42. The van der Waals surface area contributed by atoms with E-state index in [2.05, 4.69) is 10.4 Å². The summed E-state index contributed by atoms with van der Waals surface area (Å²) in [5, 5.41) is 7.05. The molecule has 0 atom stereocenters. The number of aromatic nitrogens is 3. The molecule has 4 rings (SSSR count). The Kier molecular flexibility index (Phi) is 5.63. The summed E-state index contributed by atoms with van der Waals surface area (Å²) in [5.41, 5.74) is 2.06. The van der Waals surface area contributed by atoms with E-state index in [1.807, 2.05) is 6.07 Å². The summed E-state index contributed by atoms with van der Waals surface area (Å²) >= 11 is 0. The molecule has 0 bridgehead atoms. The standard InChI is InChI=1S/C23H21FN4O4/c1-14-4-6-16(11-17(14)24)25-22(29)13-27-8-9-28-19(23(27)30)12-18(26-28)15-5-7-20(31-2)21(10-15)32-3/h4-12H,13H2,1-3H3,(H,25,29). The lowest BCUT2D eigenvalue weighted by molar-refractivity contribution is -0.116. The minimum absolute atomic E-state index is 0.221. The normalized spacial score (nSPS) is 10.9. The first-order valence-electron chi connectivity index (χ1n) is 9.77. The topological polar surface area (TPSA) is 86.9 Å². The second-order valence-electron chi connectivity index (χ2n) is 7.17. The summed E-state index contributed by atoms with van der Waals surface area (Å²) in [6.07, 6.45) is 3.08. The molecule has 0 fully saturated rings. The van der Waals surface area contributed by atoms with Gasteiger partial charge in [0.25, 0.3) is 5.56 Å². The van der Waals surface area contributed by atoms with Crippen molar-refractivity contribution in [3.63, 3.8) is 0 Å². The molecule has 2 heterocycles. The Labute approximate surface area is 182 Å². The summed E-state index contributed by atoms with van der Waals surface area (Å²) in [5.74, 6) is 0.271. The Hall–Kier alpha value is -4.14. The summed E-state index contributed by atoms with van der Waals surface area (Å²) in [7, 11) is 3.09. The van der Waals surface area contributed by atoms with E-state index in [0.717, 1.165) is 5.56 Å². The van der Waals surface area contributed by atoms with Crippen LogP contribution in [0.15, 0.2) is 59.7 Å². The molecule has 164 valence electrons. The van der Waals surface area contributed by atoms with E-state index in [1.54, 1.807) is 57.7 Å². The van der Waals surface area contributed by atoms with E-state index in [9.17, 15) is 14.0 Å². The molecule has 1 N–H and O–H groups in total. The molecule has 2 aromatic heterocycles. The molecule has 1 amide bonds. The zero-order valence-electron chi connectivity index (χ0n) is 17.8. The van der Waals surface area contributed by atoms with E-state index in [-0.39, 0.29) is 12.1 Å². The van der Waals surface area contributed by atoms with Gasteiger partial charge in [0.2, 0.25) is 5.91 Å². The van der Waals surface area contributed by atoms with Crippen molar-refractivity contribution < 1.29 is 18.7 Å². The largest absolute Gasteiger partial charge is 0.493 e. The Morgan fingerprint density at radius 2 is 1.84 bits per heavy atom. The average molecular weight is 436 g/mol. The van der Waals surface area contributed by atoms with Gasteiger partial charge in [0.05, 0.1) is 19.9 Å². The molecule has 32 heavy (non-hydrogen) atoms. The lowest BCUT2D eigenvalue weighted by Gasteiger charge is -2.08. The molecule has 0 spiro atoms.